The highest BCUT2D eigenvalue weighted by Crippen LogP contribution is 2.24. The molecule has 0 radical (unpaired) electrons. The lowest BCUT2D eigenvalue weighted by Crippen LogP contribution is -1.97. The molecule has 0 saturated heterocycles. The fraction of sp³-hybridized carbons (Fsp3) is 0.231. The predicted octanol–water partition coefficient (Wildman–Crippen LogP) is 2.56. The molecule has 0 saturated carbocycles. The lowest BCUT2D eigenvalue weighted by molar-refractivity contribution is 0.134. The van der Waals surface area contributed by atoms with Crippen LogP contribution in [0.4, 0.5) is 11.5 Å². The second-order valence-corrected chi connectivity index (χ2v) is 4.09. The Labute approximate surface area is 99.7 Å². The van der Waals surface area contributed by atoms with Crippen LogP contribution in [0.2, 0.25) is 0 Å². The van der Waals surface area contributed by atoms with Crippen molar-refractivity contribution in [3.63, 3.8) is 0 Å². The maximum Gasteiger partial charge on any atom is 0.134 e. The molecule has 0 bridgehead atoms. The number of ether oxygens (including phenoxy) is 1. The summed E-state index contributed by atoms with van der Waals surface area (Å²) in [6, 6.07) is 8.11. The van der Waals surface area contributed by atoms with Crippen molar-refractivity contribution in [1.29, 1.82) is 0 Å². The topological polar surface area (TPSA) is 47.0 Å². The van der Waals surface area contributed by atoms with Crippen molar-refractivity contribution in [1.82, 2.24) is 9.97 Å². The van der Waals surface area contributed by atoms with E-state index < -0.39 is 0 Å². The highest BCUT2D eigenvalue weighted by atomic mass is 16.5. The van der Waals surface area contributed by atoms with Crippen molar-refractivity contribution in [2.24, 2.45) is 0 Å². The van der Waals surface area contributed by atoms with Gasteiger partial charge in [-0.15, -0.1) is 0 Å². The first-order valence-corrected chi connectivity index (χ1v) is 5.57. The van der Waals surface area contributed by atoms with Gasteiger partial charge in [0, 0.05) is 11.9 Å². The molecule has 0 atom stereocenters. The Bertz CT molecular complexity index is 554. The van der Waals surface area contributed by atoms with Gasteiger partial charge in [0.15, 0.2) is 0 Å². The number of anilines is 2. The first-order valence-electron chi connectivity index (χ1n) is 5.57. The van der Waals surface area contributed by atoms with E-state index in [1.54, 1.807) is 6.20 Å². The van der Waals surface area contributed by atoms with Crippen LogP contribution in [0.1, 0.15) is 17.0 Å². The average molecular weight is 227 g/mol. The van der Waals surface area contributed by atoms with Gasteiger partial charge in [-0.3, -0.25) is 0 Å². The SMILES string of the molecule is Cc1nccc(Nc2ccc3c(c2)COC3)n1. The van der Waals surface area contributed by atoms with E-state index in [1.165, 1.54) is 11.1 Å². The zero-order chi connectivity index (χ0) is 11.7. The Hall–Kier alpha value is -1.94. The molecule has 0 spiro atoms. The van der Waals surface area contributed by atoms with Crippen LogP contribution in [-0.4, -0.2) is 9.97 Å². The van der Waals surface area contributed by atoms with Gasteiger partial charge in [0.2, 0.25) is 0 Å². The molecule has 0 amide bonds. The number of benzene rings is 1. The van der Waals surface area contributed by atoms with E-state index in [9.17, 15) is 0 Å². The van der Waals surface area contributed by atoms with Crippen molar-refractivity contribution in [2.45, 2.75) is 20.1 Å². The molecule has 0 fully saturated rings. The number of hydrogen-bond donors (Lipinski definition) is 1. The largest absolute Gasteiger partial charge is 0.372 e. The number of hydrogen-bond acceptors (Lipinski definition) is 4. The molecule has 1 aliphatic rings. The Kier molecular flexibility index (Phi) is 2.49. The maximum atomic E-state index is 5.39. The molecule has 1 aromatic carbocycles. The molecular formula is C13H13N3O. The third-order valence-corrected chi connectivity index (χ3v) is 2.77. The van der Waals surface area contributed by atoms with Crippen LogP contribution in [0.15, 0.2) is 30.5 Å². The summed E-state index contributed by atoms with van der Waals surface area (Å²) in [5.41, 5.74) is 3.56. The molecule has 1 N–H and O–H groups in total. The van der Waals surface area contributed by atoms with Gasteiger partial charge >= 0.3 is 0 Å². The molecule has 0 unspecified atom stereocenters. The van der Waals surface area contributed by atoms with Crippen molar-refractivity contribution < 1.29 is 4.74 Å². The number of aromatic nitrogens is 2. The average Bonchev–Trinajstić information content (AvgIpc) is 2.76. The monoisotopic (exact) mass is 227 g/mol. The summed E-state index contributed by atoms with van der Waals surface area (Å²) in [6.45, 7) is 3.30. The summed E-state index contributed by atoms with van der Waals surface area (Å²) in [7, 11) is 0. The van der Waals surface area contributed by atoms with Crippen LogP contribution in [0.25, 0.3) is 0 Å². The molecule has 2 aromatic rings. The summed E-state index contributed by atoms with van der Waals surface area (Å²) in [5.74, 6) is 1.58. The Balaban J connectivity index is 1.86. The molecule has 4 heteroatoms. The fourth-order valence-corrected chi connectivity index (χ4v) is 1.92. The van der Waals surface area contributed by atoms with E-state index in [0.717, 1.165) is 23.9 Å². The van der Waals surface area contributed by atoms with E-state index in [1.807, 2.05) is 19.1 Å². The van der Waals surface area contributed by atoms with Crippen molar-refractivity contribution in [3.8, 4) is 0 Å². The van der Waals surface area contributed by atoms with Crippen LogP contribution < -0.4 is 5.32 Å². The van der Waals surface area contributed by atoms with Crippen LogP contribution in [0.3, 0.4) is 0 Å². The summed E-state index contributed by atoms with van der Waals surface area (Å²) >= 11 is 0. The zero-order valence-electron chi connectivity index (χ0n) is 9.60. The Morgan fingerprint density at radius 2 is 2.06 bits per heavy atom. The second kappa shape index (κ2) is 4.14. The zero-order valence-corrected chi connectivity index (χ0v) is 9.60. The molecule has 3 rings (SSSR count). The van der Waals surface area contributed by atoms with E-state index in [-0.39, 0.29) is 0 Å². The smallest absolute Gasteiger partial charge is 0.134 e. The lowest BCUT2D eigenvalue weighted by atomic mass is 10.1. The molecule has 86 valence electrons. The van der Waals surface area contributed by atoms with Gasteiger partial charge in [0.05, 0.1) is 13.2 Å². The highest BCUT2D eigenvalue weighted by molar-refractivity contribution is 5.58. The molecule has 1 aromatic heterocycles. The molecule has 2 heterocycles. The van der Waals surface area contributed by atoms with E-state index >= 15 is 0 Å². The summed E-state index contributed by atoms with van der Waals surface area (Å²) < 4.78 is 5.39. The van der Waals surface area contributed by atoms with Gasteiger partial charge in [-0.1, -0.05) is 6.07 Å². The predicted molar refractivity (Wildman–Crippen MR) is 65.0 cm³/mol. The van der Waals surface area contributed by atoms with Crippen molar-refractivity contribution in [3.05, 3.63) is 47.4 Å². The molecule has 0 aliphatic carbocycles. The van der Waals surface area contributed by atoms with E-state index in [2.05, 4.69) is 27.4 Å². The highest BCUT2D eigenvalue weighted by Gasteiger charge is 2.11. The number of nitrogens with zero attached hydrogens (tertiary/aromatic N) is 2. The van der Waals surface area contributed by atoms with E-state index in [4.69, 9.17) is 4.74 Å². The Morgan fingerprint density at radius 3 is 2.94 bits per heavy atom. The van der Waals surface area contributed by atoms with E-state index in [0.29, 0.717) is 6.61 Å². The summed E-state index contributed by atoms with van der Waals surface area (Å²) in [4.78, 5) is 8.38. The second-order valence-electron chi connectivity index (χ2n) is 4.09. The molecule has 17 heavy (non-hydrogen) atoms. The first kappa shape index (κ1) is 10.2. The molecule has 1 aliphatic heterocycles. The maximum absolute atomic E-state index is 5.39. The fourth-order valence-electron chi connectivity index (χ4n) is 1.92. The number of rotatable bonds is 2. The minimum atomic E-state index is 0.702. The van der Waals surface area contributed by atoms with Crippen LogP contribution in [-0.2, 0) is 18.0 Å². The van der Waals surface area contributed by atoms with Crippen LogP contribution in [0, 0.1) is 6.92 Å². The van der Waals surface area contributed by atoms with Crippen LogP contribution in [0.5, 0.6) is 0 Å². The van der Waals surface area contributed by atoms with Crippen molar-refractivity contribution >= 4 is 11.5 Å². The van der Waals surface area contributed by atoms with Gasteiger partial charge in [-0.2, -0.15) is 0 Å². The normalized spacial score (nSPS) is 13.5. The minimum absolute atomic E-state index is 0.702. The summed E-state index contributed by atoms with van der Waals surface area (Å²) in [5, 5.41) is 3.27. The van der Waals surface area contributed by atoms with Crippen LogP contribution >= 0.6 is 0 Å². The molecule has 4 nitrogen and oxygen atoms in total. The number of nitrogens with one attached hydrogen (secondary N) is 1. The van der Waals surface area contributed by atoms with Gasteiger partial charge in [-0.05, 0) is 36.2 Å². The van der Waals surface area contributed by atoms with Crippen molar-refractivity contribution in [2.75, 3.05) is 5.32 Å². The van der Waals surface area contributed by atoms with Gasteiger partial charge in [0.1, 0.15) is 11.6 Å². The number of fused-ring (bicyclic) bond motifs is 1. The third kappa shape index (κ3) is 2.12. The van der Waals surface area contributed by atoms with Gasteiger partial charge < -0.3 is 10.1 Å². The Morgan fingerprint density at radius 1 is 1.18 bits per heavy atom. The first-order chi connectivity index (χ1) is 8.31. The standard InChI is InChI=1S/C13H13N3O/c1-9-14-5-4-13(15-9)16-12-3-2-10-7-17-8-11(10)6-12/h2-6H,7-8H2,1H3,(H,14,15,16). The number of aryl methyl sites for hydroxylation is 1. The van der Waals surface area contributed by atoms with Gasteiger partial charge in [0.25, 0.3) is 0 Å². The van der Waals surface area contributed by atoms with Gasteiger partial charge in [-0.25, -0.2) is 9.97 Å². The quantitative estimate of drug-likeness (QED) is 0.856. The minimum Gasteiger partial charge on any atom is -0.372 e. The third-order valence-electron chi connectivity index (χ3n) is 2.77. The lowest BCUT2D eigenvalue weighted by Gasteiger charge is -2.07. The molecular weight excluding hydrogens is 214 g/mol. The summed E-state index contributed by atoms with van der Waals surface area (Å²) in [6.07, 6.45) is 1.75.